The number of aliphatic carboxylic acids is 1. The van der Waals surface area contributed by atoms with Crippen molar-refractivity contribution in [1.29, 1.82) is 0 Å². The number of hydrogen-bond acceptors (Lipinski definition) is 3. The second-order valence-electron chi connectivity index (χ2n) is 5.09. The number of nitrogens with one attached hydrogen (secondary N) is 2. The zero-order valence-corrected chi connectivity index (χ0v) is 12.2. The minimum atomic E-state index is -1.23. The van der Waals surface area contributed by atoms with Crippen molar-refractivity contribution in [2.24, 2.45) is 0 Å². The molecule has 0 saturated carbocycles. The Balaban J connectivity index is 2.04. The number of fused-ring (bicyclic) bond motifs is 1. The third-order valence-corrected chi connectivity index (χ3v) is 3.97. The Kier molecular flexibility index (Phi) is 4.35. The molecule has 6 nitrogen and oxygen atoms in total. The van der Waals surface area contributed by atoms with E-state index in [1.54, 1.807) is 13.8 Å². The maximum absolute atomic E-state index is 12.1. The predicted octanol–water partition coefficient (Wildman–Crippen LogP) is 2.06. The maximum atomic E-state index is 12.1. The van der Waals surface area contributed by atoms with E-state index < -0.39 is 17.5 Å². The summed E-state index contributed by atoms with van der Waals surface area (Å²) in [5, 5.41) is 14.7. The highest BCUT2D eigenvalue weighted by molar-refractivity contribution is 5.86. The number of ether oxygens (including phenoxy) is 1. The average Bonchev–Trinajstić information content (AvgIpc) is 2.88. The summed E-state index contributed by atoms with van der Waals surface area (Å²) in [5.41, 5.74) is -0.329. The molecule has 1 atom stereocenters. The molecule has 21 heavy (non-hydrogen) atoms. The first-order valence-electron chi connectivity index (χ1n) is 7.06. The summed E-state index contributed by atoms with van der Waals surface area (Å²) in [5.74, 6) is -0.274. The van der Waals surface area contributed by atoms with Crippen LogP contribution in [-0.2, 0) is 4.79 Å². The van der Waals surface area contributed by atoms with E-state index in [-0.39, 0.29) is 6.04 Å². The van der Waals surface area contributed by atoms with Gasteiger partial charge in [0, 0.05) is 5.56 Å². The van der Waals surface area contributed by atoms with Crippen LogP contribution >= 0.6 is 0 Å². The van der Waals surface area contributed by atoms with Gasteiger partial charge in [-0.15, -0.1) is 0 Å². The van der Waals surface area contributed by atoms with Crippen molar-refractivity contribution in [3.8, 4) is 5.75 Å². The number of carboxylic acid groups (broad SMARTS) is 1. The molecule has 0 aliphatic carbocycles. The number of para-hydroxylation sites is 1. The molecule has 1 aliphatic rings. The fourth-order valence-electron chi connectivity index (χ4n) is 2.48. The van der Waals surface area contributed by atoms with Gasteiger partial charge in [-0.1, -0.05) is 32.0 Å². The highest BCUT2D eigenvalue weighted by Gasteiger charge is 2.37. The van der Waals surface area contributed by atoms with Crippen molar-refractivity contribution < 1.29 is 19.4 Å². The minimum Gasteiger partial charge on any atom is -0.491 e. The van der Waals surface area contributed by atoms with Crippen LogP contribution in [0.4, 0.5) is 4.79 Å². The molecule has 2 amide bonds. The quantitative estimate of drug-likeness (QED) is 0.775. The van der Waals surface area contributed by atoms with Crippen LogP contribution in [0, 0.1) is 0 Å². The number of amides is 2. The minimum absolute atomic E-state index is 0.263. The first-order chi connectivity index (χ1) is 10.0. The van der Waals surface area contributed by atoms with E-state index in [0.29, 0.717) is 19.4 Å². The lowest BCUT2D eigenvalue weighted by Crippen LogP contribution is -2.57. The first-order valence-corrected chi connectivity index (χ1v) is 7.06. The third-order valence-electron chi connectivity index (χ3n) is 3.97. The Bertz CT molecular complexity index is 540. The number of carboxylic acids is 1. The number of carbonyl (C=O) groups excluding carboxylic acids is 1. The summed E-state index contributed by atoms with van der Waals surface area (Å²) in [6.07, 6.45) is 0.647. The van der Waals surface area contributed by atoms with E-state index in [4.69, 9.17) is 4.74 Å². The monoisotopic (exact) mass is 292 g/mol. The van der Waals surface area contributed by atoms with Crippen LogP contribution in [0.2, 0.25) is 0 Å². The second kappa shape index (κ2) is 6.03. The van der Waals surface area contributed by atoms with Gasteiger partial charge in [-0.3, -0.25) is 0 Å². The Hall–Kier alpha value is -2.24. The van der Waals surface area contributed by atoms with Gasteiger partial charge in [-0.25, -0.2) is 9.59 Å². The Morgan fingerprint density at radius 1 is 1.33 bits per heavy atom. The maximum Gasteiger partial charge on any atom is 0.329 e. The second-order valence-corrected chi connectivity index (χ2v) is 5.09. The largest absolute Gasteiger partial charge is 0.491 e. The van der Waals surface area contributed by atoms with Crippen LogP contribution in [0.5, 0.6) is 5.75 Å². The molecule has 2 rings (SSSR count). The number of benzene rings is 1. The van der Waals surface area contributed by atoms with Crippen molar-refractivity contribution in [3.63, 3.8) is 0 Å². The third kappa shape index (κ3) is 2.94. The number of rotatable bonds is 5. The summed E-state index contributed by atoms with van der Waals surface area (Å²) in [6.45, 7) is 3.84. The van der Waals surface area contributed by atoms with Crippen molar-refractivity contribution in [2.45, 2.75) is 38.3 Å². The topological polar surface area (TPSA) is 87.7 Å². The van der Waals surface area contributed by atoms with Crippen molar-refractivity contribution in [1.82, 2.24) is 10.6 Å². The molecule has 1 heterocycles. The summed E-state index contributed by atoms with van der Waals surface area (Å²) < 4.78 is 5.48. The van der Waals surface area contributed by atoms with Crippen LogP contribution in [0.25, 0.3) is 0 Å². The zero-order valence-electron chi connectivity index (χ0n) is 12.2. The predicted molar refractivity (Wildman–Crippen MR) is 77.3 cm³/mol. The van der Waals surface area contributed by atoms with E-state index in [0.717, 1.165) is 11.3 Å². The van der Waals surface area contributed by atoms with Gasteiger partial charge in [0.15, 0.2) is 0 Å². The highest BCUT2D eigenvalue weighted by Crippen LogP contribution is 2.31. The lowest BCUT2D eigenvalue weighted by atomic mass is 9.93. The van der Waals surface area contributed by atoms with Gasteiger partial charge in [-0.05, 0) is 18.9 Å². The molecule has 6 heteroatoms. The lowest BCUT2D eigenvalue weighted by molar-refractivity contribution is -0.144. The van der Waals surface area contributed by atoms with Crippen molar-refractivity contribution >= 4 is 12.0 Å². The van der Waals surface area contributed by atoms with Crippen LogP contribution in [0.3, 0.4) is 0 Å². The van der Waals surface area contributed by atoms with Gasteiger partial charge in [0.05, 0.1) is 6.04 Å². The van der Waals surface area contributed by atoms with Crippen molar-refractivity contribution in [2.75, 3.05) is 6.61 Å². The van der Waals surface area contributed by atoms with Gasteiger partial charge >= 0.3 is 12.0 Å². The van der Waals surface area contributed by atoms with Gasteiger partial charge in [0.2, 0.25) is 0 Å². The van der Waals surface area contributed by atoms with Gasteiger partial charge in [-0.2, -0.15) is 0 Å². The van der Waals surface area contributed by atoms with E-state index in [2.05, 4.69) is 10.6 Å². The molecule has 0 radical (unpaired) electrons. The van der Waals surface area contributed by atoms with E-state index in [9.17, 15) is 14.7 Å². The zero-order chi connectivity index (χ0) is 15.5. The molecule has 0 saturated heterocycles. The number of urea groups is 1. The Morgan fingerprint density at radius 3 is 2.62 bits per heavy atom. The van der Waals surface area contributed by atoms with Gasteiger partial charge < -0.3 is 20.5 Å². The fraction of sp³-hybridized carbons (Fsp3) is 0.467. The molecule has 114 valence electrons. The van der Waals surface area contributed by atoms with E-state index >= 15 is 0 Å². The van der Waals surface area contributed by atoms with Crippen LogP contribution in [0.1, 0.15) is 38.3 Å². The molecular weight excluding hydrogens is 272 g/mol. The van der Waals surface area contributed by atoms with E-state index in [1.807, 2.05) is 24.3 Å². The van der Waals surface area contributed by atoms with Crippen molar-refractivity contribution in [3.05, 3.63) is 29.8 Å². The molecule has 0 spiro atoms. The molecule has 3 N–H and O–H groups in total. The van der Waals surface area contributed by atoms with Crippen LogP contribution < -0.4 is 15.4 Å². The molecule has 1 aliphatic heterocycles. The van der Waals surface area contributed by atoms with Gasteiger partial charge in [0.25, 0.3) is 0 Å². The lowest BCUT2D eigenvalue weighted by Gasteiger charge is -2.28. The number of hydrogen-bond donors (Lipinski definition) is 3. The molecule has 1 aromatic rings. The number of carbonyl (C=O) groups is 2. The highest BCUT2D eigenvalue weighted by atomic mass is 16.5. The standard InChI is InChI=1S/C15H20N2O4/c1-3-15(4-2,13(18)19)17-14(20)16-11-9-21-12-8-6-5-7-10(11)12/h5-8,11H,3-4,9H2,1-2H3,(H,18,19)(H2,16,17,20). The fourth-order valence-corrected chi connectivity index (χ4v) is 2.48. The average molecular weight is 292 g/mol. The molecule has 0 aromatic heterocycles. The molecular formula is C15H20N2O4. The normalized spacial score (nSPS) is 16.8. The smallest absolute Gasteiger partial charge is 0.329 e. The molecule has 1 unspecified atom stereocenters. The van der Waals surface area contributed by atoms with Gasteiger partial charge in [0.1, 0.15) is 17.9 Å². The summed E-state index contributed by atoms with van der Waals surface area (Å²) in [4.78, 5) is 23.5. The summed E-state index contributed by atoms with van der Waals surface area (Å²) in [6, 6.07) is 6.71. The van der Waals surface area contributed by atoms with Crippen LogP contribution in [0.15, 0.2) is 24.3 Å². The summed E-state index contributed by atoms with van der Waals surface area (Å²) in [7, 11) is 0. The first kappa shape index (κ1) is 15.2. The molecule has 1 aromatic carbocycles. The molecule has 0 bridgehead atoms. The Morgan fingerprint density at radius 2 is 2.00 bits per heavy atom. The summed E-state index contributed by atoms with van der Waals surface area (Å²) >= 11 is 0. The Labute approximate surface area is 123 Å². The molecule has 0 fully saturated rings. The van der Waals surface area contributed by atoms with E-state index in [1.165, 1.54) is 0 Å². The SMILES string of the molecule is CCC(CC)(NC(=O)NC1COc2ccccc21)C(=O)O. The van der Waals surface area contributed by atoms with Crippen LogP contribution in [-0.4, -0.2) is 29.3 Å².